The Kier molecular flexibility index (Phi) is 7.15. The zero-order valence-corrected chi connectivity index (χ0v) is 9.54. The average molecular weight is 264 g/mol. The summed E-state index contributed by atoms with van der Waals surface area (Å²) in [6, 6.07) is 0. The molecule has 0 aromatic carbocycles. The van der Waals surface area contributed by atoms with Gasteiger partial charge in [-0.2, -0.15) is 0 Å². The van der Waals surface area contributed by atoms with Gasteiger partial charge < -0.3 is 20.4 Å². The molecule has 102 valence electrons. The van der Waals surface area contributed by atoms with Gasteiger partial charge in [0.25, 0.3) is 0 Å². The highest BCUT2D eigenvalue weighted by molar-refractivity contribution is 6.33. The zero-order valence-electron chi connectivity index (χ0n) is 9.54. The lowest BCUT2D eigenvalue weighted by atomic mass is 10.00. The number of carbonyl (C=O) groups is 5. The van der Waals surface area contributed by atoms with Gasteiger partial charge in [0.1, 0.15) is 0 Å². The minimum atomic E-state index is -2.31. The zero-order chi connectivity index (χ0) is 15.1. The van der Waals surface area contributed by atoms with Gasteiger partial charge in [-0.05, 0) is 6.92 Å². The third kappa shape index (κ3) is 7.93. The minimum Gasteiger partial charge on any atom is -0.479 e. The van der Waals surface area contributed by atoms with Crippen LogP contribution in [0.2, 0.25) is 0 Å². The predicted molar refractivity (Wildman–Crippen MR) is 53.8 cm³/mol. The van der Waals surface area contributed by atoms with E-state index >= 15 is 0 Å². The van der Waals surface area contributed by atoms with Gasteiger partial charge in [0, 0.05) is 6.92 Å². The fourth-order valence-electron chi connectivity index (χ4n) is 0.464. The van der Waals surface area contributed by atoms with Crippen molar-refractivity contribution in [3.05, 3.63) is 0 Å². The molecule has 0 saturated heterocycles. The monoisotopic (exact) mass is 264 g/mol. The summed E-state index contributed by atoms with van der Waals surface area (Å²) < 4.78 is 0. The van der Waals surface area contributed by atoms with E-state index in [2.05, 4.69) is 0 Å². The molecule has 0 amide bonds. The molecule has 9 heteroatoms. The molecule has 0 aliphatic heterocycles. The molecular formula is C9H12O9. The maximum atomic E-state index is 10.4. The molecule has 0 aromatic rings. The Morgan fingerprint density at radius 1 is 0.944 bits per heavy atom. The van der Waals surface area contributed by atoms with Crippen molar-refractivity contribution in [3.63, 3.8) is 0 Å². The van der Waals surface area contributed by atoms with Crippen LogP contribution in [0.25, 0.3) is 0 Å². The summed E-state index contributed by atoms with van der Waals surface area (Å²) in [6.07, 6.45) is -0.933. The van der Waals surface area contributed by atoms with Crippen LogP contribution >= 0.6 is 0 Å². The molecule has 0 radical (unpaired) electrons. The van der Waals surface area contributed by atoms with Crippen LogP contribution in [0.3, 0.4) is 0 Å². The second kappa shape index (κ2) is 7.12. The van der Waals surface area contributed by atoms with Crippen molar-refractivity contribution in [2.45, 2.75) is 25.9 Å². The Balaban J connectivity index is 0. The molecule has 0 aliphatic rings. The molecule has 0 aromatic heterocycles. The Bertz CT molecular complexity index is 367. The van der Waals surface area contributed by atoms with Gasteiger partial charge in [0.15, 0.2) is 5.60 Å². The highest BCUT2D eigenvalue weighted by Gasteiger charge is 2.34. The van der Waals surface area contributed by atoms with E-state index < -0.39 is 41.5 Å². The van der Waals surface area contributed by atoms with Crippen molar-refractivity contribution >= 4 is 29.5 Å². The number of carboxylic acids is 3. The number of hydrogen-bond donors (Lipinski definition) is 4. The standard InChI is InChI=1S/C6H8O6.C3H4O3/c1-6(12,5(10)11)2-3(7)4(8)9;1-2(4)3(5)6/h12H,2H2,1H3,(H,8,9)(H,10,11);1H3,(H,5,6). The molecule has 1 unspecified atom stereocenters. The van der Waals surface area contributed by atoms with E-state index in [1.54, 1.807) is 0 Å². The van der Waals surface area contributed by atoms with Gasteiger partial charge in [0.05, 0.1) is 6.42 Å². The summed E-state index contributed by atoms with van der Waals surface area (Å²) in [6.45, 7) is 1.86. The smallest absolute Gasteiger partial charge is 0.372 e. The van der Waals surface area contributed by atoms with Crippen LogP contribution in [0, 0.1) is 0 Å². The number of Topliss-reactive ketones (excluding diaryl/α,β-unsaturated/α-hetero) is 2. The molecule has 18 heavy (non-hydrogen) atoms. The van der Waals surface area contributed by atoms with E-state index in [1.807, 2.05) is 0 Å². The van der Waals surface area contributed by atoms with Crippen LogP contribution < -0.4 is 0 Å². The number of rotatable bonds is 5. The van der Waals surface area contributed by atoms with Crippen LogP contribution in [0.4, 0.5) is 0 Å². The van der Waals surface area contributed by atoms with E-state index in [0.29, 0.717) is 0 Å². The van der Waals surface area contributed by atoms with Crippen molar-refractivity contribution in [3.8, 4) is 0 Å². The molecule has 4 N–H and O–H groups in total. The Morgan fingerprint density at radius 2 is 1.28 bits per heavy atom. The molecular weight excluding hydrogens is 252 g/mol. The Hall–Kier alpha value is -2.29. The Morgan fingerprint density at radius 3 is 1.44 bits per heavy atom. The maximum Gasteiger partial charge on any atom is 0.372 e. The van der Waals surface area contributed by atoms with E-state index in [0.717, 1.165) is 13.8 Å². The quantitative estimate of drug-likeness (QED) is 0.433. The molecule has 0 fully saturated rings. The minimum absolute atomic E-state index is 0.824. The molecule has 0 aliphatic carbocycles. The summed E-state index contributed by atoms with van der Waals surface area (Å²) in [4.78, 5) is 49.5. The third-order valence-electron chi connectivity index (χ3n) is 1.51. The van der Waals surface area contributed by atoms with Crippen LogP contribution in [0.5, 0.6) is 0 Å². The normalized spacial score (nSPS) is 12.4. The van der Waals surface area contributed by atoms with E-state index in [4.69, 9.17) is 20.4 Å². The second-order valence-electron chi connectivity index (χ2n) is 3.35. The number of hydrogen-bond acceptors (Lipinski definition) is 6. The number of carbonyl (C=O) groups excluding carboxylic acids is 2. The van der Waals surface area contributed by atoms with Crippen LogP contribution in [0.1, 0.15) is 20.3 Å². The van der Waals surface area contributed by atoms with Gasteiger partial charge in [-0.15, -0.1) is 0 Å². The van der Waals surface area contributed by atoms with Crippen molar-refractivity contribution < 1.29 is 44.4 Å². The van der Waals surface area contributed by atoms with Crippen LogP contribution in [-0.4, -0.2) is 55.5 Å². The maximum absolute atomic E-state index is 10.4. The summed E-state index contributed by atoms with van der Waals surface area (Å²) in [5.41, 5.74) is -2.31. The molecule has 9 nitrogen and oxygen atoms in total. The first-order valence-electron chi connectivity index (χ1n) is 4.37. The van der Waals surface area contributed by atoms with Crippen molar-refractivity contribution in [2.75, 3.05) is 0 Å². The van der Waals surface area contributed by atoms with Crippen LogP contribution in [0.15, 0.2) is 0 Å². The topological polar surface area (TPSA) is 166 Å². The fraction of sp³-hybridized carbons (Fsp3) is 0.444. The lowest BCUT2D eigenvalue weighted by Gasteiger charge is -2.14. The first-order valence-corrected chi connectivity index (χ1v) is 4.37. The highest BCUT2D eigenvalue weighted by atomic mass is 16.4. The van der Waals surface area contributed by atoms with Crippen molar-refractivity contribution in [2.24, 2.45) is 0 Å². The fourth-order valence-corrected chi connectivity index (χ4v) is 0.464. The van der Waals surface area contributed by atoms with E-state index in [1.165, 1.54) is 0 Å². The lowest BCUT2D eigenvalue weighted by molar-refractivity contribution is -0.162. The third-order valence-corrected chi connectivity index (χ3v) is 1.51. The molecule has 0 rings (SSSR count). The number of carboxylic acid groups (broad SMARTS) is 3. The molecule has 1 atom stereocenters. The number of aliphatic carboxylic acids is 3. The molecule has 0 heterocycles. The number of ketones is 2. The summed E-state index contributed by atoms with van der Waals surface area (Å²) in [5, 5.41) is 32.9. The van der Waals surface area contributed by atoms with E-state index in [-0.39, 0.29) is 0 Å². The van der Waals surface area contributed by atoms with Crippen LogP contribution in [-0.2, 0) is 24.0 Å². The molecule has 0 saturated carbocycles. The number of aliphatic hydroxyl groups is 1. The lowest BCUT2D eigenvalue weighted by Crippen LogP contribution is -2.38. The molecule has 0 spiro atoms. The van der Waals surface area contributed by atoms with Gasteiger partial charge >= 0.3 is 17.9 Å². The van der Waals surface area contributed by atoms with Gasteiger partial charge in [-0.25, -0.2) is 14.4 Å². The van der Waals surface area contributed by atoms with E-state index in [9.17, 15) is 24.0 Å². The van der Waals surface area contributed by atoms with Gasteiger partial charge in [0.2, 0.25) is 11.6 Å². The Labute approximate surface area is 101 Å². The summed E-state index contributed by atoms with van der Waals surface area (Å²) in [5.74, 6) is -6.92. The summed E-state index contributed by atoms with van der Waals surface area (Å²) >= 11 is 0. The molecule has 0 bridgehead atoms. The highest BCUT2D eigenvalue weighted by Crippen LogP contribution is 2.09. The van der Waals surface area contributed by atoms with Crippen molar-refractivity contribution in [1.82, 2.24) is 0 Å². The average Bonchev–Trinajstić information content (AvgIpc) is 2.17. The SMILES string of the molecule is CC(=O)C(=O)O.CC(O)(CC(=O)C(=O)O)C(=O)O. The largest absolute Gasteiger partial charge is 0.479 e. The predicted octanol–water partition coefficient (Wildman–Crippen LogP) is -1.47. The van der Waals surface area contributed by atoms with Gasteiger partial charge in [-0.3, -0.25) is 9.59 Å². The van der Waals surface area contributed by atoms with Crippen molar-refractivity contribution in [1.29, 1.82) is 0 Å². The first-order chi connectivity index (χ1) is 7.91. The van der Waals surface area contributed by atoms with Gasteiger partial charge in [-0.1, -0.05) is 0 Å². The second-order valence-corrected chi connectivity index (χ2v) is 3.35. The summed E-state index contributed by atoms with van der Waals surface area (Å²) in [7, 11) is 0. The first kappa shape index (κ1) is 18.1.